The SMILES string of the molecule is CN1CC[C@@](O)(c2cc(-c3cccc(-c4ccnc(Nc5nnn(C)n5)n4)n3)no2)C1=O. The third kappa shape index (κ3) is 3.43. The number of likely N-dealkylation sites (tertiary alicyclic amines) is 1. The summed E-state index contributed by atoms with van der Waals surface area (Å²) < 4.78 is 5.31. The normalized spacial score (nSPS) is 18.3. The summed E-state index contributed by atoms with van der Waals surface area (Å²) in [4.78, 5) is 28.3. The highest BCUT2D eigenvalue weighted by Gasteiger charge is 2.48. The van der Waals surface area contributed by atoms with E-state index in [1.165, 1.54) is 15.8 Å². The van der Waals surface area contributed by atoms with Crippen LogP contribution in [0.3, 0.4) is 0 Å². The van der Waals surface area contributed by atoms with Crippen LogP contribution in [-0.4, -0.2) is 69.8 Å². The van der Waals surface area contributed by atoms with Crippen LogP contribution in [0.15, 0.2) is 41.1 Å². The first-order valence-electron chi connectivity index (χ1n) is 9.69. The van der Waals surface area contributed by atoms with Crippen molar-refractivity contribution in [3.63, 3.8) is 0 Å². The van der Waals surface area contributed by atoms with E-state index in [9.17, 15) is 9.90 Å². The molecule has 13 nitrogen and oxygen atoms in total. The number of rotatable bonds is 5. The second-order valence-corrected chi connectivity index (χ2v) is 7.31. The second-order valence-electron chi connectivity index (χ2n) is 7.31. The molecule has 5 rings (SSSR count). The van der Waals surface area contributed by atoms with Gasteiger partial charge in [-0.2, -0.15) is 4.80 Å². The summed E-state index contributed by atoms with van der Waals surface area (Å²) in [6.45, 7) is 0.438. The van der Waals surface area contributed by atoms with Crippen LogP contribution in [0.4, 0.5) is 11.9 Å². The Labute approximate surface area is 181 Å². The second kappa shape index (κ2) is 7.46. The molecule has 0 saturated carbocycles. The van der Waals surface area contributed by atoms with Crippen LogP contribution >= 0.6 is 0 Å². The van der Waals surface area contributed by atoms with Gasteiger partial charge in [0.2, 0.25) is 11.5 Å². The zero-order valence-corrected chi connectivity index (χ0v) is 17.2. The molecule has 4 aromatic rings. The molecule has 0 radical (unpaired) electrons. The van der Waals surface area contributed by atoms with Crippen LogP contribution in [0, 0.1) is 0 Å². The highest BCUT2D eigenvalue weighted by atomic mass is 16.5. The Kier molecular flexibility index (Phi) is 4.59. The number of anilines is 2. The van der Waals surface area contributed by atoms with Gasteiger partial charge in [-0.25, -0.2) is 15.0 Å². The minimum Gasteiger partial charge on any atom is -0.373 e. The Morgan fingerprint density at radius 3 is 2.59 bits per heavy atom. The average molecular weight is 434 g/mol. The monoisotopic (exact) mass is 434 g/mol. The van der Waals surface area contributed by atoms with Crippen molar-refractivity contribution < 1.29 is 14.4 Å². The zero-order chi connectivity index (χ0) is 22.3. The molecule has 5 heterocycles. The first-order valence-corrected chi connectivity index (χ1v) is 9.69. The molecule has 2 N–H and O–H groups in total. The summed E-state index contributed by atoms with van der Waals surface area (Å²) in [6.07, 6.45) is 1.82. The minimum atomic E-state index is -1.71. The zero-order valence-electron chi connectivity index (χ0n) is 17.2. The molecular weight excluding hydrogens is 416 g/mol. The molecule has 0 bridgehead atoms. The van der Waals surface area contributed by atoms with Gasteiger partial charge in [0.1, 0.15) is 5.69 Å². The van der Waals surface area contributed by atoms with Gasteiger partial charge in [-0.05, 0) is 23.4 Å². The summed E-state index contributed by atoms with van der Waals surface area (Å²) in [7, 11) is 3.29. The standard InChI is InChI=1S/C19H18N10O3/c1-28-9-7-19(31,16(28)30)15-10-14(26-32-15)12-5-3-4-11(21-12)13-6-8-20-17(22-13)23-18-24-27-29(2)25-18/h3-6,8,10,31H,7,9H2,1-2H3,(H,20,22,23,25)/t19-/m1/s1. The van der Waals surface area contributed by atoms with E-state index in [1.54, 1.807) is 44.6 Å². The number of pyridine rings is 1. The smallest absolute Gasteiger partial charge is 0.270 e. The van der Waals surface area contributed by atoms with Crippen LogP contribution in [-0.2, 0) is 17.4 Å². The Balaban J connectivity index is 1.42. The van der Waals surface area contributed by atoms with Gasteiger partial charge >= 0.3 is 0 Å². The topological polar surface area (TPSA) is 161 Å². The molecule has 4 aromatic heterocycles. The van der Waals surface area contributed by atoms with E-state index in [2.05, 4.69) is 40.8 Å². The minimum absolute atomic E-state index is 0.0963. The highest BCUT2D eigenvalue weighted by molar-refractivity contribution is 5.87. The fraction of sp³-hybridized carbons (Fsp3) is 0.263. The van der Waals surface area contributed by atoms with Crippen molar-refractivity contribution in [1.82, 2.24) is 45.2 Å². The molecule has 32 heavy (non-hydrogen) atoms. The van der Waals surface area contributed by atoms with Gasteiger partial charge in [-0.3, -0.25) is 10.1 Å². The van der Waals surface area contributed by atoms with Crippen molar-refractivity contribution in [2.45, 2.75) is 12.0 Å². The van der Waals surface area contributed by atoms with Crippen molar-refractivity contribution in [3.8, 4) is 22.8 Å². The molecule has 13 heteroatoms. The molecule has 1 aliphatic heterocycles. The van der Waals surface area contributed by atoms with E-state index in [4.69, 9.17) is 4.52 Å². The van der Waals surface area contributed by atoms with Gasteiger partial charge in [0, 0.05) is 32.3 Å². The molecule has 0 spiro atoms. The lowest BCUT2D eigenvalue weighted by atomic mass is 9.98. The summed E-state index contributed by atoms with van der Waals surface area (Å²) in [5.74, 6) is 0.239. The predicted molar refractivity (Wildman–Crippen MR) is 109 cm³/mol. The number of carbonyl (C=O) groups excluding carboxylic acids is 1. The molecule has 0 aliphatic carbocycles. The number of hydrogen-bond acceptors (Lipinski definition) is 11. The Bertz CT molecular complexity index is 1300. The largest absolute Gasteiger partial charge is 0.373 e. The Hall–Kier alpha value is -4.26. The first-order chi connectivity index (χ1) is 15.4. The van der Waals surface area contributed by atoms with Gasteiger partial charge in [0.25, 0.3) is 11.9 Å². The number of aromatic nitrogens is 8. The van der Waals surface area contributed by atoms with E-state index < -0.39 is 11.5 Å². The number of carbonyl (C=O) groups is 1. The first kappa shape index (κ1) is 19.7. The van der Waals surface area contributed by atoms with Crippen LogP contribution in [0.1, 0.15) is 12.2 Å². The van der Waals surface area contributed by atoms with Crippen LogP contribution in [0.25, 0.3) is 22.8 Å². The number of hydrogen-bond donors (Lipinski definition) is 2. The molecule has 0 aromatic carbocycles. The fourth-order valence-corrected chi connectivity index (χ4v) is 3.39. The molecule has 162 valence electrons. The average Bonchev–Trinajstić information content (AvgIpc) is 3.52. The number of nitrogens with zero attached hydrogens (tertiary/aromatic N) is 9. The lowest BCUT2D eigenvalue weighted by Gasteiger charge is -2.16. The quantitative estimate of drug-likeness (QED) is 0.450. The maximum absolute atomic E-state index is 12.3. The van der Waals surface area contributed by atoms with Gasteiger partial charge in [0.05, 0.1) is 24.1 Å². The van der Waals surface area contributed by atoms with Gasteiger partial charge < -0.3 is 14.5 Å². The molecule has 1 atom stereocenters. The van der Waals surface area contributed by atoms with Crippen molar-refractivity contribution in [3.05, 3.63) is 42.3 Å². The Morgan fingerprint density at radius 2 is 1.88 bits per heavy atom. The summed E-state index contributed by atoms with van der Waals surface area (Å²) in [5, 5.41) is 29.3. The summed E-state index contributed by atoms with van der Waals surface area (Å²) in [6, 6.07) is 8.59. The number of tetrazole rings is 1. The fourth-order valence-electron chi connectivity index (χ4n) is 3.39. The molecule has 1 saturated heterocycles. The van der Waals surface area contributed by atoms with Crippen molar-refractivity contribution >= 4 is 17.8 Å². The Morgan fingerprint density at radius 1 is 1.09 bits per heavy atom. The van der Waals surface area contributed by atoms with Crippen molar-refractivity contribution in [2.75, 3.05) is 18.9 Å². The van der Waals surface area contributed by atoms with E-state index in [1.807, 2.05) is 0 Å². The number of aliphatic hydroxyl groups is 1. The lowest BCUT2D eigenvalue weighted by molar-refractivity contribution is -0.144. The number of aryl methyl sites for hydroxylation is 1. The van der Waals surface area contributed by atoms with Crippen molar-refractivity contribution in [1.29, 1.82) is 0 Å². The molecule has 1 fully saturated rings. The van der Waals surface area contributed by atoms with Gasteiger partial charge in [-0.1, -0.05) is 16.3 Å². The lowest BCUT2D eigenvalue weighted by Crippen LogP contribution is -2.35. The van der Waals surface area contributed by atoms with E-state index in [0.29, 0.717) is 29.3 Å². The van der Waals surface area contributed by atoms with Crippen LogP contribution < -0.4 is 5.32 Å². The molecule has 0 unspecified atom stereocenters. The van der Waals surface area contributed by atoms with Gasteiger partial charge in [0.15, 0.2) is 5.76 Å². The molecule has 1 aliphatic rings. The van der Waals surface area contributed by atoms with E-state index in [0.717, 1.165) is 0 Å². The maximum Gasteiger partial charge on any atom is 0.270 e. The number of amides is 1. The molecule has 1 amide bonds. The van der Waals surface area contributed by atoms with E-state index in [-0.39, 0.29) is 24.1 Å². The third-order valence-corrected chi connectivity index (χ3v) is 5.09. The molecular formula is C19H18N10O3. The predicted octanol–water partition coefficient (Wildman–Crippen LogP) is 0.510. The highest BCUT2D eigenvalue weighted by Crippen LogP contribution is 2.34. The maximum atomic E-state index is 12.3. The summed E-state index contributed by atoms with van der Waals surface area (Å²) >= 11 is 0. The van der Waals surface area contributed by atoms with E-state index >= 15 is 0 Å². The number of nitrogens with one attached hydrogen (secondary N) is 1. The number of likely N-dealkylation sites (N-methyl/N-ethyl adjacent to an activating group) is 1. The third-order valence-electron chi connectivity index (χ3n) is 5.09. The van der Waals surface area contributed by atoms with Gasteiger partial charge in [-0.15, -0.1) is 5.10 Å². The van der Waals surface area contributed by atoms with Crippen LogP contribution in [0.5, 0.6) is 0 Å². The summed E-state index contributed by atoms with van der Waals surface area (Å²) in [5.41, 5.74) is 0.319. The van der Waals surface area contributed by atoms with Crippen molar-refractivity contribution in [2.24, 2.45) is 7.05 Å². The van der Waals surface area contributed by atoms with Crippen LogP contribution in [0.2, 0.25) is 0 Å².